The molecule has 0 radical (unpaired) electrons. The third kappa shape index (κ3) is 6.14. The molecule has 0 amide bonds. The second kappa shape index (κ2) is 14.4. The van der Waals surface area contributed by atoms with Crippen LogP contribution in [0.4, 0.5) is 17.1 Å². The molecule has 2 nitrogen and oxygen atoms in total. The largest absolute Gasteiger partial charge is 0.455 e. The van der Waals surface area contributed by atoms with E-state index in [9.17, 15) is 0 Å². The minimum absolute atomic E-state index is 0.903. The molecular formula is C54H37NO. The van der Waals surface area contributed by atoms with E-state index in [1.54, 1.807) is 0 Å². The molecule has 0 saturated carbocycles. The predicted octanol–water partition coefficient (Wildman–Crippen LogP) is 15.4. The minimum atomic E-state index is 0.903. The number of furan rings is 1. The van der Waals surface area contributed by atoms with Crippen molar-refractivity contribution in [2.45, 2.75) is 0 Å². The molecule has 0 N–H and O–H groups in total. The second-order valence-electron chi connectivity index (χ2n) is 14.1. The van der Waals surface area contributed by atoms with Crippen molar-refractivity contribution in [1.82, 2.24) is 0 Å². The van der Waals surface area contributed by atoms with Gasteiger partial charge in [0.05, 0.1) is 5.69 Å². The van der Waals surface area contributed by atoms with E-state index in [0.29, 0.717) is 0 Å². The number of fused-ring (bicyclic) bond motifs is 3. The minimum Gasteiger partial charge on any atom is -0.455 e. The van der Waals surface area contributed by atoms with Crippen LogP contribution in [0.25, 0.3) is 77.6 Å². The van der Waals surface area contributed by atoms with Crippen LogP contribution in [0.1, 0.15) is 0 Å². The first kappa shape index (κ1) is 33.2. The van der Waals surface area contributed by atoms with Gasteiger partial charge in [0.25, 0.3) is 0 Å². The fraction of sp³-hybridized carbons (Fsp3) is 0. The Hall–Kier alpha value is -7.42. The predicted molar refractivity (Wildman–Crippen MR) is 236 cm³/mol. The van der Waals surface area contributed by atoms with Crippen LogP contribution in [0.3, 0.4) is 0 Å². The molecule has 10 aromatic rings. The van der Waals surface area contributed by atoms with Crippen LogP contribution in [0.5, 0.6) is 0 Å². The van der Waals surface area contributed by atoms with E-state index in [1.165, 1.54) is 33.4 Å². The fourth-order valence-corrected chi connectivity index (χ4v) is 7.98. The standard InChI is InChI=1S/C54H37NO/c1-4-15-38(16-5-1)39-27-32-44(33-28-39)55(45-34-29-42(30-35-45)48-24-14-25-50-49-23-12-13-26-53(49)56-54(48)50)52-36-31-43(37-51(52)41-19-8-3-9-20-41)47-22-11-10-21-46(47)40-17-6-2-7-18-40/h1-37H. The first-order valence-corrected chi connectivity index (χ1v) is 19.1. The Kier molecular flexibility index (Phi) is 8.55. The summed E-state index contributed by atoms with van der Waals surface area (Å²) in [4.78, 5) is 2.38. The van der Waals surface area contributed by atoms with Crippen molar-refractivity contribution in [2.75, 3.05) is 4.90 Å². The summed E-state index contributed by atoms with van der Waals surface area (Å²) in [6, 6.07) is 80.1. The van der Waals surface area contributed by atoms with E-state index in [4.69, 9.17) is 4.42 Å². The number of hydrogen-bond acceptors (Lipinski definition) is 2. The molecule has 56 heavy (non-hydrogen) atoms. The van der Waals surface area contributed by atoms with Gasteiger partial charge in [-0.2, -0.15) is 0 Å². The molecule has 0 unspecified atom stereocenters. The summed E-state index contributed by atoms with van der Waals surface area (Å²) in [5, 5.41) is 2.26. The van der Waals surface area contributed by atoms with E-state index in [1.807, 2.05) is 12.1 Å². The lowest BCUT2D eigenvalue weighted by Gasteiger charge is -2.29. The molecule has 9 aromatic carbocycles. The number of nitrogens with zero attached hydrogens (tertiary/aromatic N) is 1. The molecule has 10 rings (SSSR count). The number of hydrogen-bond donors (Lipinski definition) is 0. The van der Waals surface area contributed by atoms with Gasteiger partial charge in [0.1, 0.15) is 11.2 Å². The van der Waals surface area contributed by atoms with Crippen LogP contribution >= 0.6 is 0 Å². The van der Waals surface area contributed by atoms with Gasteiger partial charge in [-0.05, 0) is 87.0 Å². The van der Waals surface area contributed by atoms with Gasteiger partial charge in [-0.15, -0.1) is 0 Å². The molecule has 0 atom stereocenters. The highest BCUT2D eigenvalue weighted by molar-refractivity contribution is 6.09. The van der Waals surface area contributed by atoms with Gasteiger partial charge in [0.2, 0.25) is 0 Å². The van der Waals surface area contributed by atoms with Crippen LogP contribution in [-0.4, -0.2) is 0 Å². The maximum Gasteiger partial charge on any atom is 0.143 e. The summed E-state index contributed by atoms with van der Waals surface area (Å²) in [5.74, 6) is 0. The van der Waals surface area contributed by atoms with Crippen molar-refractivity contribution < 1.29 is 4.42 Å². The second-order valence-corrected chi connectivity index (χ2v) is 14.1. The van der Waals surface area contributed by atoms with Gasteiger partial charge < -0.3 is 9.32 Å². The van der Waals surface area contributed by atoms with Crippen molar-refractivity contribution >= 4 is 39.0 Å². The van der Waals surface area contributed by atoms with Gasteiger partial charge in [0, 0.05) is 33.3 Å². The highest BCUT2D eigenvalue weighted by Crippen LogP contribution is 2.45. The molecule has 1 heterocycles. The van der Waals surface area contributed by atoms with E-state index in [-0.39, 0.29) is 0 Å². The lowest BCUT2D eigenvalue weighted by molar-refractivity contribution is 0.670. The molecule has 264 valence electrons. The molecule has 0 fully saturated rings. The zero-order valence-corrected chi connectivity index (χ0v) is 30.7. The molecule has 0 saturated heterocycles. The number of benzene rings is 9. The third-order valence-corrected chi connectivity index (χ3v) is 10.7. The summed E-state index contributed by atoms with van der Waals surface area (Å²) in [5.41, 5.74) is 16.7. The van der Waals surface area contributed by atoms with Crippen molar-refractivity contribution in [3.63, 3.8) is 0 Å². The Bertz CT molecular complexity index is 2930. The summed E-state index contributed by atoms with van der Waals surface area (Å²) < 4.78 is 6.44. The van der Waals surface area contributed by atoms with Crippen molar-refractivity contribution in [1.29, 1.82) is 0 Å². The summed E-state index contributed by atoms with van der Waals surface area (Å²) in [6.45, 7) is 0. The Morgan fingerprint density at radius 2 is 0.732 bits per heavy atom. The molecule has 0 aliphatic rings. The molecule has 0 aliphatic heterocycles. The van der Waals surface area contributed by atoms with Gasteiger partial charge in [0.15, 0.2) is 0 Å². The van der Waals surface area contributed by atoms with Crippen LogP contribution in [0, 0.1) is 0 Å². The van der Waals surface area contributed by atoms with Crippen LogP contribution in [-0.2, 0) is 0 Å². The van der Waals surface area contributed by atoms with E-state index >= 15 is 0 Å². The normalized spacial score (nSPS) is 11.2. The van der Waals surface area contributed by atoms with Crippen molar-refractivity contribution in [2.24, 2.45) is 0 Å². The Morgan fingerprint density at radius 3 is 1.39 bits per heavy atom. The zero-order valence-electron chi connectivity index (χ0n) is 30.7. The highest BCUT2D eigenvalue weighted by atomic mass is 16.3. The number of anilines is 3. The Labute approximate surface area is 327 Å². The fourth-order valence-electron chi connectivity index (χ4n) is 7.98. The Balaban J connectivity index is 1.13. The van der Waals surface area contributed by atoms with Crippen molar-refractivity contribution in [3.8, 4) is 55.6 Å². The van der Waals surface area contributed by atoms with Gasteiger partial charge in [-0.3, -0.25) is 0 Å². The maximum atomic E-state index is 6.44. The highest BCUT2D eigenvalue weighted by Gasteiger charge is 2.20. The van der Waals surface area contributed by atoms with E-state index < -0.39 is 0 Å². The molecule has 0 aliphatic carbocycles. The summed E-state index contributed by atoms with van der Waals surface area (Å²) in [6.07, 6.45) is 0. The molecule has 0 spiro atoms. The topological polar surface area (TPSA) is 16.4 Å². The SMILES string of the molecule is c1ccc(-c2ccc(N(c3ccc(-c4cccc5c4oc4ccccc45)cc3)c3ccc(-c4ccccc4-c4ccccc4)cc3-c3ccccc3)cc2)cc1. The summed E-state index contributed by atoms with van der Waals surface area (Å²) >= 11 is 0. The molecular weight excluding hydrogens is 679 g/mol. The van der Waals surface area contributed by atoms with E-state index in [2.05, 4.69) is 217 Å². The molecule has 0 bridgehead atoms. The van der Waals surface area contributed by atoms with E-state index in [0.717, 1.165) is 61.3 Å². The monoisotopic (exact) mass is 715 g/mol. The quantitative estimate of drug-likeness (QED) is 0.156. The smallest absolute Gasteiger partial charge is 0.143 e. The lowest BCUT2D eigenvalue weighted by atomic mass is 9.91. The average Bonchev–Trinajstić information content (AvgIpc) is 3.67. The maximum absolute atomic E-state index is 6.44. The van der Waals surface area contributed by atoms with Gasteiger partial charge in [-0.1, -0.05) is 182 Å². The van der Waals surface area contributed by atoms with Gasteiger partial charge >= 0.3 is 0 Å². The van der Waals surface area contributed by atoms with Crippen LogP contribution < -0.4 is 4.90 Å². The van der Waals surface area contributed by atoms with Gasteiger partial charge in [-0.25, -0.2) is 0 Å². The number of rotatable bonds is 8. The average molecular weight is 716 g/mol. The number of para-hydroxylation sites is 2. The molecule has 2 heteroatoms. The third-order valence-electron chi connectivity index (χ3n) is 10.7. The lowest BCUT2D eigenvalue weighted by Crippen LogP contribution is -2.11. The first-order chi connectivity index (χ1) is 27.8. The van der Waals surface area contributed by atoms with Crippen LogP contribution in [0.2, 0.25) is 0 Å². The molecule has 1 aromatic heterocycles. The van der Waals surface area contributed by atoms with Crippen molar-refractivity contribution in [3.05, 3.63) is 224 Å². The Morgan fingerprint density at radius 1 is 0.286 bits per heavy atom. The summed E-state index contributed by atoms with van der Waals surface area (Å²) in [7, 11) is 0. The first-order valence-electron chi connectivity index (χ1n) is 19.1. The zero-order chi connectivity index (χ0) is 37.3. The van der Waals surface area contributed by atoms with Crippen LogP contribution in [0.15, 0.2) is 229 Å².